The predicted octanol–water partition coefficient (Wildman–Crippen LogP) is 0.754. The number of likely N-dealkylation sites (N-methyl/N-ethyl adjacent to an activating group) is 1. The number of ether oxygens (including phenoxy) is 1. The molecule has 94 valence electrons. The lowest BCUT2D eigenvalue weighted by Crippen LogP contribution is -2.38. The minimum atomic E-state index is -3.32. The average Bonchev–Trinajstić information content (AvgIpc) is 2.70. The summed E-state index contributed by atoms with van der Waals surface area (Å²) in [4.78, 5) is 11.2. The van der Waals surface area contributed by atoms with Crippen molar-refractivity contribution in [3.8, 4) is 0 Å². The molecule has 16 heavy (non-hydrogen) atoms. The molecule has 1 rings (SSSR count). The highest BCUT2D eigenvalue weighted by atomic mass is 32.2. The molecule has 1 aliphatic carbocycles. The molecule has 0 saturated heterocycles. The average molecular weight is 249 g/mol. The maximum Gasteiger partial charge on any atom is 0.321 e. The summed E-state index contributed by atoms with van der Waals surface area (Å²) in [6, 6.07) is 0. The number of esters is 1. The van der Waals surface area contributed by atoms with E-state index in [9.17, 15) is 13.2 Å². The van der Waals surface area contributed by atoms with Crippen LogP contribution in [0.2, 0.25) is 0 Å². The van der Waals surface area contributed by atoms with Crippen molar-refractivity contribution in [2.45, 2.75) is 37.9 Å². The smallest absolute Gasteiger partial charge is 0.321 e. The predicted molar refractivity (Wildman–Crippen MR) is 60.4 cm³/mol. The maximum absolute atomic E-state index is 12.0. The zero-order valence-electron chi connectivity index (χ0n) is 9.81. The number of nitrogens with zero attached hydrogens (tertiary/aromatic N) is 1. The largest absolute Gasteiger partial charge is 0.465 e. The Hall–Kier alpha value is -0.620. The van der Waals surface area contributed by atoms with Gasteiger partial charge in [-0.2, -0.15) is 4.31 Å². The van der Waals surface area contributed by atoms with E-state index in [-0.39, 0.29) is 18.4 Å². The molecule has 0 heterocycles. The highest BCUT2D eigenvalue weighted by Crippen LogP contribution is 2.26. The summed E-state index contributed by atoms with van der Waals surface area (Å²) >= 11 is 0. The van der Waals surface area contributed by atoms with Crippen LogP contribution in [0.3, 0.4) is 0 Å². The number of sulfonamides is 1. The molecular weight excluding hydrogens is 230 g/mol. The van der Waals surface area contributed by atoms with Crippen LogP contribution in [0, 0.1) is 0 Å². The Morgan fingerprint density at radius 2 is 1.94 bits per heavy atom. The molecule has 0 aromatic rings. The van der Waals surface area contributed by atoms with Crippen molar-refractivity contribution in [2.24, 2.45) is 0 Å². The number of hydrogen-bond acceptors (Lipinski definition) is 4. The van der Waals surface area contributed by atoms with E-state index in [0.717, 1.165) is 17.1 Å². The quantitative estimate of drug-likeness (QED) is 0.675. The highest BCUT2D eigenvalue weighted by Gasteiger charge is 2.33. The zero-order chi connectivity index (χ0) is 12.2. The summed E-state index contributed by atoms with van der Waals surface area (Å²) in [5.41, 5.74) is 0. The molecule has 0 aromatic heterocycles. The third-order valence-electron chi connectivity index (χ3n) is 2.81. The minimum absolute atomic E-state index is 0.188. The second-order valence-corrected chi connectivity index (χ2v) is 6.33. The second kappa shape index (κ2) is 5.63. The fourth-order valence-corrected chi connectivity index (χ4v) is 3.64. The fourth-order valence-electron chi connectivity index (χ4n) is 1.92. The lowest BCUT2D eigenvalue weighted by Gasteiger charge is -2.20. The Kier molecular flexibility index (Phi) is 4.73. The molecule has 0 aromatic carbocycles. The van der Waals surface area contributed by atoms with Gasteiger partial charge in [-0.3, -0.25) is 4.79 Å². The molecule has 1 fully saturated rings. The van der Waals surface area contributed by atoms with Crippen LogP contribution in [0.4, 0.5) is 0 Å². The molecule has 0 radical (unpaired) electrons. The fraction of sp³-hybridized carbons (Fsp3) is 0.900. The monoisotopic (exact) mass is 249 g/mol. The van der Waals surface area contributed by atoms with E-state index >= 15 is 0 Å². The van der Waals surface area contributed by atoms with Gasteiger partial charge in [-0.1, -0.05) is 12.8 Å². The Morgan fingerprint density at radius 1 is 1.38 bits per heavy atom. The number of carbonyl (C=O) groups is 1. The van der Waals surface area contributed by atoms with Crippen molar-refractivity contribution >= 4 is 16.0 Å². The summed E-state index contributed by atoms with van der Waals surface area (Å²) in [7, 11) is -1.88. The van der Waals surface area contributed by atoms with E-state index in [1.807, 2.05) is 0 Å². The van der Waals surface area contributed by atoms with Gasteiger partial charge in [0, 0.05) is 7.05 Å². The van der Waals surface area contributed by atoms with Gasteiger partial charge in [0.1, 0.15) is 6.54 Å². The molecular formula is C10H19NO4S. The zero-order valence-corrected chi connectivity index (χ0v) is 10.6. The minimum Gasteiger partial charge on any atom is -0.465 e. The van der Waals surface area contributed by atoms with Crippen LogP contribution in [-0.2, 0) is 19.6 Å². The Bertz CT molecular complexity index is 333. The van der Waals surface area contributed by atoms with Gasteiger partial charge < -0.3 is 4.74 Å². The molecule has 0 bridgehead atoms. The second-order valence-electron chi connectivity index (χ2n) is 4.01. The number of hydrogen-bond donors (Lipinski definition) is 0. The normalized spacial score (nSPS) is 17.9. The van der Waals surface area contributed by atoms with Crippen molar-refractivity contribution < 1.29 is 17.9 Å². The standard InChI is InChI=1S/C10H19NO4S/c1-3-15-10(12)8-11(2)16(13,14)9-6-4-5-7-9/h9H,3-8H2,1-2H3. The van der Waals surface area contributed by atoms with E-state index in [0.29, 0.717) is 12.8 Å². The van der Waals surface area contributed by atoms with Gasteiger partial charge in [0.15, 0.2) is 0 Å². The van der Waals surface area contributed by atoms with E-state index in [2.05, 4.69) is 0 Å². The first-order valence-electron chi connectivity index (χ1n) is 5.59. The number of carbonyl (C=O) groups excluding carboxylic acids is 1. The molecule has 0 spiro atoms. The maximum atomic E-state index is 12.0. The lowest BCUT2D eigenvalue weighted by atomic mass is 10.4. The van der Waals surface area contributed by atoms with Crippen molar-refractivity contribution in [3.63, 3.8) is 0 Å². The Labute approximate surface area is 96.8 Å². The summed E-state index contributed by atoms with van der Waals surface area (Å²) in [6.07, 6.45) is 3.32. The van der Waals surface area contributed by atoms with Crippen LogP contribution >= 0.6 is 0 Å². The van der Waals surface area contributed by atoms with Crippen LogP contribution in [-0.4, -0.2) is 44.1 Å². The van der Waals surface area contributed by atoms with Crippen LogP contribution < -0.4 is 0 Å². The first-order valence-corrected chi connectivity index (χ1v) is 7.09. The highest BCUT2D eigenvalue weighted by molar-refractivity contribution is 7.89. The topological polar surface area (TPSA) is 63.7 Å². The van der Waals surface area contributed by atoms with Crippen LogP contribution in [0.25, 0.3) is 0 Å². The molecule has 0 amide bonds. The van der Waals surface area contributed by atoms with Gasteiger partial charge >= 0.3 is 5.97 Å². The SMILES string of the molecule is CCOC(=O)CN(C)S(=O)(=O)C1CCCC1. The van der Waals surface area contributed by atoms with Gasteiger partial charge in [0.05, 0.1) is 11.9 Å². The van der Waals surface area contributed by atoms with E-state index in [1.54, 1.807) is 6.92 Å². The van der Waals surface area contributed by atoms with E-state index in [4.69, 9.17) is 4.74 Å². The van der Waals surface area contributed by atoms with Gasteiger partial charge in [-0.25, -0.2) is 8.42 Å². The molecule has 1 saturated carbocycles. The molecule has 5 nitrogen and oxygen atoms in total. The molecule has 0 aliphatic heterocycles. The van der Waals surface area contributed by atoms with Gasteiger partial charge in [0.25, 0.3) is 0 Å². The summed E-state index contributed by atoms with van der Waals surface area (Å²) in [5, 5.41) is -0.313. The van der Waals surface area contributed by atoms with E-state index < -0.39 is 16.0 Å². The molecule has 0 N–H and O–H groups in total. The number of rotatable bonds is 5. The first-order chi connectivity index (χ1) is 7.48. The van der Waals surface area contributed by atoms with Crippen LogP contribution in [0.1, 0.15) is 32.6 Å². The Morgan fingerprint density at radius 3 is 2.44 bits per heavy atom. The van der Waals surface area contributed by atoms with Crippen LogP contribution in [0.5, 0.6) is 0 Å². The van der Waals surface area contributed by atoms with Gasteiger partial charge in [0.2, 0.25) is 10.0 Å². The molecule has 6 heteroatoms. The van der Waals surface area contributed by atoms with Crippen molar-refractivity contribution in [1.29, 1.82) is 0 Å². The summed E-state index contributed by atoms with van der Waals surface area (Å²) in [6.45, 7) is 1.78. The first kappa shape index (κ1) is 13.4. The third-order valence-corrected chi connectivity index (χ3v) is 5.13. The third kappa shape index (κ3) is 3.18. The van der Waals surface area contributed by atoms with Crippen molar-refractivity contribution in [1.82, 2.24) is 4.31 Å². The van der Waals surface area contributed by atoms with Crippen molar-refractivity contribution in [2.75, 3.05) is 20.2 Å². The Balaban J connectivity index is 2.57. The lowest BCUT2D eigenvalue weighted by molar-refractivity contribution is -0.143. The molecule has 0 atom stereocenters. The summed E-state index contributed by atoms with van der Waals surface area (Å²) in [5.74, 6) is -0.494. The van der Waals surface area contributed by atoms with E-state index in [1.165, 1.54) is 7.05 Å². The summed E-state index contributed by atoms with van der Waals surface area (Å²) < 4.78 is 29.8. The molecule has 1 aliphatic rings. The van der Waals surface area contributed by atoms with Crippen molar-refractivity contribution in [3.05, 3.63) is 0 Å². The molecule has 0 unspecified atom stereocenters. The van der Waals surface area contributed by atoms with Crippen LogP contribution in [0.15, 0.2) is 0 Å². The van der Waals surface area contributed by atoms with Gasteiger partial charge in [-0.15, -0.1) is 0 Å². The van der Waals surface area contributed by atoms with Gasteiger partial charge in [-0.05, 0) is 19.8 Å².